The van der Waals surface area contributed by atoms with E-state index >= 15 is 0 Å². The number of benzene rings is 2. The van der Waals surface area contributed by atoms with E-state index in [0.717, 1.165) is 11.1 Å². The largest absolute Gasteiger partial charge is 0.395 e. The Balaban J connectivity index is 2.92. The van der Waals surface area contributed by atoms with Crippen LogP contribution in [0.1, 0.15) is 43.0 Å². The van der Waals surface area contributed by atoms with Crippen molar-refractivity contribution >= 4 is 0 Å². The summed E-state index contributed by atoms with van der Waals surface area (Å²) in [5.74, 6) is 0. The van der Waals surface area contributed by atoms with Gasteiger partial charge in [-0.25, -0.2) is 0 Å². The quantitative estimate of drug-likeness (QED) is 0.640. The van der Waals surface area contributed by atoms with Crippen molar-refractivity contribution in [3.63, 3.8) is 0 Å². The van der Waals surface area contributed by atoms with Gasteiger partial charge in [-0.1, -0.05) is 74.9 Å². The first-order chi connectivity index (χ1) is 12.2. The lowest BCUT2D eigenvalue weighted by Crippen LogP contribution is -2.54. The van der Waals surface area contributed by atoms with Gasteiger partial charge in [-0.15, -0.1) is 0 Å². The molecule has 0 spiro atoms. The average molecular weight is 358 g/mol. The van der Waals surface area contributed by atoms with Crippen LogP contribution in [-0.2, 0) is 11.0 Å². The molecule has 4 N–H and O–H groups in total. The summed E-state index contributed by atoms with van der Waals surface area (Å²) in [6.45, 7) is 6.44. The summed E-state index contributed by atoms with van der Waals surface area (Å²) >= 11 is 0. The summed E-state index contributed by atoms with van der Waals surface area (Å²) in [7, 11) is 0. The Kier molecular flexibility index (Phi) is 5.93. The molecule has 4 nitrogen and oxygen atoms in total. The minimum Gasteiger partial charge on any atom is -0.395 e. The lowest BCUT2D eigenvalue weighted by molar-refractivity contribution is -0.136. The smallest absolute Gasteiger partial charge is 0.127 e. The molecule has 0 aliphatic rings. The van der Waals surface area contributed by atoms with Crippen LogP contribution in [0.3, 0.4) is 0 Å². The molecule has 0 aliphatic carbocycles. The van der Waals surface area contributed by atoms with E-state index in [1.54, 1.807) is 24.3 Å². The first-order valence-electron chi connectivity index (χ1n) is 8.88. The molecule has 2 rings (SSSR count). The maximum atomic E-state index is 12.0. The summed E-state index contributed by atoms with van der Waals surface area (Å²) in [5.41, 5.74) is -0.520. The third kappa shape index (κ3) is 3.30. The molecule has 4 heteroatoms. The zero-order valence-corrected chi connectivity index (χ0v) is 16.0. The zero-order chi connectivity index (χ0) is 19.6. The monoisotopic (exact) mass is 358 g/mol. The minimum atomic E-state index is -1.76. The summed E-state index contributed by atoms with van der Waals surface area (Å²) in [6, 6.07) is 14.7. The van der Waals surface area contributed by atoms with Gasteiger partial charge in [0.05, 0.1) is 25.2 Å². The fraction of sp³-hybridized carbons (Fsp3) is 0.455. The number of hydrogen-bond acceptors (Lipinski definition) is 4. The van der Waals surface area contributed by atoms with Gasteiger partial charge in [0.2, 0.25) is 0 Å². The number of hydrogen-bond donors (Lipinski definition) is 4. The Hall–Kier alpha value is -1.72. The highest BCUT2D eigenvalue weighted by atomic mass is 16.3. The van der Waals surface area contributed by atoms with Crippen LogP contribution in [0.5, 0.6) is 0 Å². The maximum Gasteiger partial charge on any atom is 0.127 e. The predicted octanol–water partition coefficient (Wildman–Crippen LogP) is 2.49. The summed E-state index contributed by atoms with van der Waals surface area (Å²) < 4.78 is 0. The van der Waals surface area contributed by atoms with Gasteiger partial charge < -0.3 is 20.4 Å². The molecule has 0 aromatic heterocycles. The molecule has 0 bridgehead atoms. The Bertz CT molecular complexity index is 721. The molecule has 0 saturated heterocycles. The molecular weight excluding hydrogens is 328 g/mol. The summed E-state index contributed by atoms with van der Waals surface area (Å²) in [6.07, 6.45) is 0. The highest BCUT2D eigenvalue weighted by Crippen LogP contribution is 2.48. The van der Waals surface area contributed by atoms with E-state index in [1.807, 2.05) is 31.2 Å². The van der Waals surface area contributed by atoms with E-state index in [1.165, 1.54) is 0 Å². The van der Waals surface area contributed by atoms with Crippen molar-refractivity contribution in [2.24, 2.45) is 5.41 Å². The second kappa shape index (κ2) is 7.49. The van der Waals surface area contributed by atoms with Crippen LogP contribution >= 0.6 is 0 Å². The van der Waals surface area contributed by atoms with Crippen molar-refractivity contribution in [3.8, 4) is 0 Å². The van der Waals surface area contributed by atoms with Gasteiger partial charge in [0.15, 0.2) is 0 Å². The van der Waals surface area contributed by atoms with Crippen LogP contribution in [0.4, 0.5) is 0 Å². The Morgan fingerprint density at radius 2 is 1.31 bits per heavy atom. The molecule has 0 heterocycles. The van der Waals surface area contributed by atoms with E-state index in [-0.39, 0.29) is 5.41 Å². The van der Waals surface area contributed by atoms with E-state index in [4.69, 9.17) is 0 Å². The van der Waals surface area contributed by atoms with Gasteiger partial charge >= 0.3 is 0 Å². The van der Waals surface area contributed by atoms with Gasteiger partial charge in [0.25, 0.3) is 0 Å². The molecule has 142 valence electrons. The number of rotatable bonds is 6. The lowest BCUT2D eigenvalue weighted by Gasteiger charge is -2.47. The highest BCUT2D eigenvalue weighted by Gasteiger charge is 2.53. The second-order valence-electron chi connectivity index (χ2n) is 8.13. The molecule has 2 aromatic rings. The Morgan fingerprint density at radius 1 is 0.769 bits per heavy atom. The van der Waals surface area contributed by atoms with Crippen LogP contribution in [0, 0.1) is 12.3 Å². The van der Waals surface area contributed by atoms with Gasteiger partial charge in [0.1, 0.15) is 5.60 Å². The maximum absolute atomic E-state index is 12.0. The molecule has 0 amide bonds. The van der Waals surface area contributed by atoms with Crippen molar-refractivity contribution < 1.29 is 20.4 Å². The Morgan fingerprint density at radius 3 is 1.77 bits per heavy atom. The molecule has 0 saturated carbocycles. The van der Waals surface area contributed by atoms with Crippen LogP contribution in [0.2, 0.25) is 0 Å². The third-order valence-corrected chi connectivity index (χ3v) is 5.24. The van der Waals surface area contributed by atoms with Crippen molar-refractivity contribution in [1.82, 2.24) is 0 Å². The normalized spacial score (nSPS) is 14.9. The van der Waals surface area contributed by atoms with Gasteiger partial charge in [0, 0.05) is 0 Å². The number of aliphatic hydroxyl groups is 4. The van der Waals surface area contributed by atoms with Crippen molar-refractivity contribution in [1.29, 1.82) is 0 Å². The fourth-order valence-electron chi connectivity index (χ4n) is 3.51. The molecule has 1 unspecified atom stereocenters. The molecule has 0 radical (unpaired) electrons. The Labute approximate surface area is 155 Å². The first kappa shape index (κ1) is 20.6. The first-order valence-corrected chi connectivity index (χ1v) is 8.88. The van der Waals surface area contributed by atoms with E-state index in [2.05, 4.69) is 20.8 Å². The topological polar surface area (TPSA) is 80.9 Å². The van der Waals surface area contributed by atoms with Gasteiger partial charge in [-0.05, 0) is 29.0 Å². The zero-order valence-electron chi connectivity index (χ0n) is 16.0. The van der Waals surface area contributed by atoms with Crippen LogP contribution < -0.4 is 0 Å². The van der Waals surface area contributed by atoms with Crippen molar-refractivity contribution in [2.45, 2.75) is 38.7 Å². The van der Waals surface area contributed by atoms with Crippen LogP contribution in [0.15, 0.2) is 48.5 Å². The number of aliphatic hydroxyl groups excluding tert-OH is 3. The highest BCUT2D eigenvalue weighted by molar-refractivity contribution is 5.47. The van der Waals surface area contributed by atoms with Crippen molar-refractivity contribution in [3.05, 3.63) is 70.8 Å². The third-order valence-electron chi connectivity index (χ3n) is 5.24. The minimum absolute atomic E-state index is 0.282. The summed E-state index contributed by atoms with van der Waals surface area (Å²) in [4.78, 5) is 0. The van der Waals surface area contributed by atoms with E-state index < -0.39 is 30.8 Å². The molecular formula is C22H30O4. The second-order valence-corrected chi connectivity index (χ2v) is 8.13. The summed E-state index contributed by atoms with van der Waals surface area (Å²) in [5, 5.41) is 42.3. The van der Waals surface area contributed by atoms with Gasteiger partial charge in [-0.2, -0.15) is 0 Å². The van der Waals surface area contributed by atoms with E-state index in [9.17, 15) is 20.4 Å². The SMILES string of the molecule is Cc1ccc(C(O)(c2ccccc2)C(CO)(CO)CO)c(C(C)(C)C)c1. The standard InChI is InChI=1S/C22H30O4/c1-16-10-11-18(19(12-16)20(2,3)4)22(26,17-8-6-5-7-9-17)21(13-23,14-24)15-25/h5-12,23-26H,13-15H2,1-4H3. The average Bonchev–Trinajstić information content (AvgIpc) is 2.63. The van der Waals surface area contributed by atoms with Crippen LogP contribution in [-0.4, -0.2) is 40.2 Å². The molecule has 0 fully saturated rings. The predicted molar refractivity (Wildman–Crippen MR) is 103 cm³/mol. The number of aryl methyl sites for hydroxylation is 1. The molecule has 1 atom stereocenters. The lowest BCUT2D eigenvalue weighted by atomic mass is 9.63. The van der Waals surface area contributed by atoms with Crippen molar-refractivity contribution in [2.75, 3.05) is 19.8 Å². The van der Waals surface area contributed by atoms with E-state index in [0.29, 0.717) is 11.1 Å². The fourth-order valence-corrected chi connectivity index (χ4v) is 3.51. The molecule has 26 heavy (non-hydrogen) atoms. The van der Waals surface area contributed by atoms with Crippen LogP contribution in [0.25, 0.3) is 0 Å². The van der Waals surface area contributed by atoms with Gasteiger partial charge in [-0.3, -0.25) is 0 Å². The molecule has 0 aliphatic heterocycles. The molecule has 2 aromatic carbocycles.